The zero-order valence-corrected chi connectivity index (χ0v) is 27.7. The van der Waals surface area contributed by atoms with Crippen molar-refractivity contribution in [3.8, 4) is 22.8 Å². The first-order valence-electron chi connectivity index (χ1n) is 15.3. The van der Waals surface area contributed by atoms with Gasteiger partial charge in [-0.25, -0.2) is 14.8 Å². The van der Waals surface area contributed by atoms with E-state index in [2.05, 4.69) is 31.2 Å². The second-order valence-corrected chi connectivity index (χ2v) is 12.9. The average molecular weight is 714 g/mol. The molecule has 3 aromatic carbocycles. The zero-order valence-electron chi connectivity index (χ0n) is 25.4. The molecule has 1 aliphatic heterocycles. The van der Waals surface area contributed by atoms with Crippen molar-refractivity contribution in [2.45, 2.75) is 51.5 Å². The summed E-state index contributed by atoms with van der Waals surface area (Å²) in [7, 11) is 0. The molecule has 0 radical (unpaired) electrons. The van der Waals surface area contributed by atoms with Crippen molar-refractivity contribution >= 4 is 39.3 Å². The van der Waals surface area contributed by atoms with E-state index < -0.39 is 5.91 Å². The third kappa shape index (κ3) is 6.20. The van der Waals surface area contributed by atoms with Gasteiger partial charge in [-0.3, -0.25) is 18.7 Å². The molecule has 2 amide bonds. The Morgan fingerprint density at radius 3 is 2.49 bits per heavy atom. The molecule has 0 saturated heterocycles. The van der Waals surface area contributed by atoms with Crippen molar-refractivity contribution in [3.63, 3.8) is 0 Å². The van der Waals surface area contributed by atoms with Crippen LogP contribution < -0.4 is 15.7 Å². The standard InChI is InChI=1S/C35H30BrClN6O4/c1-21-19-42-30(20-41(21)34(45)22-7-14-28(36)29(37)17-22)31(43(35(42)46)24-8-10-25(11-9-24)47-26-12-13-26)33(44)40-18-23-5-2-3-6-27(23)32-38-15-4-16-39-32/h2-11,14-17,21,26H,12-13,18-20H2,1H3,(H,40,44). The lowest BCUT2D eigenvalue weighted by molar-refractivity contribution is 0.0610. The maximum atomic E-state index is 14.2. The average Bonchev–Trinajstić information content (AvgIpc) is 3.87. The van der Waals surface area contributed by atoms with Crippen molar-refractivity contribution in [1.29, 1.82) is 0 Å². The molecule has 2 aromatic heterocycles. The molecule has 1 unspecified atom stereocenters. The molecule has 0 spiro atoms. The normalized spacial score (nSPS) is 15.6. The highest BCUT2D eigenvalue weighted by Gasteiger charge is 2.35. The van der Waals surface area contributed by atoms with Crippen LogP contribution >= 0.6 is 27.5 Å². The lowest BCUT2D eigenvalue weighted by Gasteiger charge is -2.34. The molecular formula is C35H30BrClN6O4. The third-order valence-electron chi connectivity index (χ3n) is 8.37. The van der Waals surface area contributed by atoms with E-state index in [0.717, 1.165) is 24.0 Å². The lowest BCUT2D eigenvalue weighted by Crippen LogP contribution is -2.47. The summed E-state index contributed by atoms with van der Waals surface area (Å²) < 4.78 is 9.62. The van der Waals surface area contributed by atoms with Crippen LogP contribution in [0.25, 0.3) is 17.1 Å². The molecule has 3 heterocycles. The molecule has 47 heavy (non-hydrogen) atoms. The maximum Gasteiger partial charge on any atom is 0.333 e. The number of amides is 2. The molecule has 0 bridgehead atoms. The maximum absolute atomic E-state index is 14.2. The number of rotatable bonds is 8. The summed E-state index contributed by atoms with van der Waals surface area (Å²) in [4.78, 5) is 52.5. The number of benzene rings is 3. The quantitative estimate of drug-likeness (QED) is 0.210. The highest BCUT2D eigenvalue weighted by atomic mass is 79.9. The number of aromatic nitrogens is 4. The monoisotopic (exact) mass is 712 g/mol. The highest BCUT2D eigenvalue weighted by Crippen LogP contribution is 2.30. The highest BCUT2D eigenvalue weighted by molar-refractivity contribution is 9.10. The van der Waals surface area contributed by atoms with Gasteiger partial charge in [0.1, 0.15) is 11.4 Å². The zero-order chi connectivity index (χ0) is 32.7. The first kappa shape index (κ1) is 30.9. The van der Waals surface area contributed by atoms with Gasteiger partial charge >= 0.3 is 5.69 Å². The Balaban J connectivity index is 1.26. The molecule has 1 fully saturated rings. The van der Waals surface area contributed by atoms with Crippen LogP contribution in [0.3, 0.4) is 0 Å². The van der Waals surface area contributed by atoms with E-state index in [0.29, 0.717) is 38.0 Å². The van der Waals surface area contributed by atoms with Gasteiger partial charge in [0, 0.05) is 47.1 Å². The number of hydrogen-bond acceptors (Lipinski definition) is 6. The summed E-state index contributed by atoms with van der Waals surface area (Å²) in [5.41, 5.74) is 2.79. The molecule has 10 nitrogen and oxygen atoms in total. The summed E-state index contributed by atoms with van der Waals surface area (Å²) in [6.45, 7) is 2.32. The van der Waals surface area contributed by atoms with Crippen molar-refractivity contribution in [2.75, 3.05) is 0 Å². The predicted octanol–water partition coefficient (Wildman–Crippen LogP) is 6.03. The molecule has 1 aliphatic carbocycles. The van der Waals surface area contributed by atoms with E-state index >= 15 is 0 Å². The number of ether oxygens (including phenoxy) is 1. The molecule has 238 valence electrons. The third-order valence-corrected chi connectivity index (χ3v) is 9.60. The summed E-state index contributed by atoms with van der Waals surface area (Å²) in [5.74, 6) is 0.549. The van der Waals surface area contributed by atoms with Crippen molar-refractivity contribution < 1.29 is 14.3 Å². The van der Waals surface area contributed by atoms with Crippen LogP contribution in [0.1, 0.15) is 51.9 Å². The Morgan fingerprint density at radius 2 is 1.77 bits per heavy atom. The number of nitrogens with zero attached hydrogens (tertiary/aromatic N) is 5. The summed E-state index contributed by atoms with van der Waals surface area (Å²) in [5, 5.41) is 3.44. The number of imidazole rings is 1. The van der Waals surface area contributed by atoms with Crippen molar-refractivity contribution in [1.82, 2.24) is 29.3 Å². The van der Waals surface area contributed by atoms with E-state index in [-0.39, 0.29) is 49.1 Å². The summed E-state index contributed by atoms with van der Waals surface area (Å²) in [6, 6.07) is 21.2. The number of hydrogen-bond donors (Lipinski definition) is 1. The van der Waals surface area contributed by atoms with E-state index in [4.69, 9.17) is 16.3 Å². The Morgan fingerprint density at radius 1 is 1.02 bits per heavy atom. The second kappa shape index (κ2) is 12.8. The fourth-order valence-corrected chi connectivity index (χ4v) is 6.23. The fourth-order valence-electron chi connectivity index (χ4n) is 5.80. The van der Waals surface area contributed by atoms with E-state index in [1.165, 1.54) is 4.57 Å². The van der Waals surface area contributed by atoms with Gasteiger partial charge < -0.3 is 15.0 Å². The Labute approximate surface area is 284 Å². The van der Waals surface area contributed by atoms with Crippen LogP contribution in [0.15, 0.2) is 94.5 Å². The van der Waals surface area contributed by atoms with Crippen LogP contribution in [-0.2, 0) is 19.6 Å². The van der Waals surface area contributed by atoms with Gasteiger partial charge in [-0.2, -0.15) is 0 Å². The Kier molecular flexibility index (Phi) is 8.42. The smallest absolute Gasteiger partial charge is 0.333 e. The Bertz CT molecular complexity index is 2040. The van der Waals surface area contributed by atoms with Gasteiger partial charge in [0.25, 0.3) is 11.8 Å². The van der Waals surface area contributed by atoms with E-state index in [1.807, 2.05) is 43.3 Å². The van der Waals surface area contributed by atoms with Gasteiger partial charge in [0.15, 0.2) is 5.82 Å². The van der Waals surface area contributed by atoms with Crippen LogP contribution in [0.4, 0.5) is 0 Å². The molecule has 12 heteroatoms. The van der Waals surface area contributed by atoms with Crippen LogP contribution in [0.2, 0.25) is 5.02 Å². The largest absolute Gasteiger partial charge is 0.490 e. The van der Waals surface area contributed by atoms with Gasteiger partial charge in [0.2, 0.25) is 0 Å². The van der Waals surface area contributed by atoms with Gasteiger partial charge in [0.05, 0.1) is 29.1 Å². The molecule has 1 atom stereocenters. The molecule has 2 aliphatic rings. The fraction of sp³-hybridized carbons (Fsp3) is 0.229. The van der Waals surface area contributed by atoms with Crippen molar-refractivity contribution in [3.05, 3.63) is 128 Å². The molecule has 1 N–H and O–H groups in total. The minimum Gasteiger partial charge on any atom is -0.490 e. The second-order valence-electron chi connectivity index (χ2n) is 11.7. The summed E-state index contributed by atoms with van der Waals surface area (Å²) in [6.07, 6.45) is 5.61. The summed E-state index contributed by atoms with van der Waals surface area (Å²) >= 11 is 9.69. The first-order valence-corrected chi connectivity index (χ1v) is 16.5. The van der Waals surface area contributed by atoms with Gasteiger partial charge in [-0.05, 0) is 89.8 Å². The lowest BCUT2D eigenvalue weighted by atomic mass is 10.1. The molecular weight excluding hydrogens is 684 g/mol. The first-order chi connectivity index (χ1) is 22.8. The van der Waals surface area contributed by atoms with Gasteiger partial charge in [-0.15, -0.1) is 0 Å². The number of halogens is 2. The molecule has 5 aromatic rings. The molecule has 1 saturated carbocycles. The number of fused-ring (bicyclic) bond motifs is 1. The SMILES string of the molecule is CC1Cn2c(c(C(=O)NCc3ccccc3-c3ncccn3)n(-c3ccc(OC4CC4)cc3)c2=O)CN1C(=O)c1ccc(Br)c(Cl)c1. The van der Waals surface area contributed by atoms with Crippen molar-refractivity contribution in [2.24, 2.45) is 0 Å². The van der Waals surface area contributed by atoms with Crippen LogP contribution in [0, 0.1) is 0 Å². The van der Waals surface area contributed by atoms with Crippen LogP contribution in [0.5, 0.6) is 5.75 Å². The minimum absolute atomic E-state index is 0.0516. The minimum atomic E-state index is -0.452. The number of carbonyl (C=O) groups excluding carboxylic acids is 2. The van der Waals surface area contributed by atoms with E-state index in [1.54, 1.807) is 58.3 Å². The number of carbonyl (C=O) groups is 2. The number of nitrogens with one attached hydrogen (secondary N) is 1. The topological polar surface area (TPSA) is 111 Å². The predicted molar refractivity (Wildman–Crippen MR) is 181 cm³/mol. The molecule has 7 rings (SSSR count). The van der Waals surface area contributed by atoms with E-state index in [9.17, 15) is 14.4 Å². The van der Waals surface area contributed by atoms with Gasteiger partial charge in [-0.1, -0.05) is 35.9 Å². The Hall–Kier alpha value is -4.74. The van der Waals surface area contributed by atoms with Crippen LogP contribution in [-0.4, -0.2) is 48.0 Å².